The van der Waals surface area contributed by atoms with Gasteiger partial charge in [0, 0.05) is 13.1 Å². The minimum atomic E-state index is -1.13. The zero-order valence-electron chi connectivity index (χ0n) is 22.5. The van der Waals surface area contributed by atoms with Crippen LogP contribution in [0.3, 0.4) is 0 Å². The number of aromatic carboxylic acids is 1. The maximum Gasteiger partial charge on any atom is 0.374 e. The van der Waals surface area contributed by atoms with E-state index in [0.29, 0.717) is 17.4 Å². The lowest BCUT2D eigenvalue weighted by Gasteiger charge is -2.41. The standard InChI is InChI=1S/C23H27N5O2.C7H14/c1-14(15-8-6-9-15)24-18-17-19(26-20(25-18)21(29)30)27-22(28(17)2)23(12-7-13-23)16-10-4-3-5-11-16;1-7-5-3-2-4-6-7/h3-5,10-11,14-15H,6-9,12-13H2,1-2H3,(H,29,30)(H,24,25,26);7H,2-6H2,1H3. The number of aromatic nitrogens is 4. The number of carboxylic acid groups (broad SMARTS) is 1. The molecule has 3 aliphatic rings. The SMILES string of the molecule is CC(Nc1nc(C(=O)O)nc2nc(C3(c4ccccc4)CCC3)n(C)c12)C1CCC1.CC1CCCCC1. The summed E-state index contributed by atoms with van der Waals surface area (Å²) in [4.78, 5) is 25.2. The van der Waals surface area contributed by atoms with E-state index in [0.717, 1.165) is 36.5 Å². The molecular weight excluding hydrogens is 462 g/mol. The van der Waals surface area contributed by atoms with Crippen molar-refractivity contribution in [3.63, 3.8) is 0 Å². The first-order chi connectivity index (χ1) is 17.9. The number of carboxylic acids is 1. The second-order valence-electron chi connectivity index (χ2n) is 11.5. The van der Waals surface area contributed by atoms with Crippen LogP contribution in [0.1, 0.15) is 106 Å². The summed E-state index contributed by atoms with van der Waals surface area (Å²) in [6.45, 7) is 4.51. The fourth-order valence-corrected chi connectivity index (χ4v) is 6.24. The molecular formula is C30H41N5O2. The lowest BCUT2D eigenvalue weighted by Crippen LogP contribution is -2.38. The van der Waals surface area contributed by atoms with Gasteiger partial charge in [-0.1, -0.05) is 82.2 Å². The van der Waals surface area contributed by atoms with Crippen LogP contribution in [0, 0.1) is 11.8 Å². The zero-order chi connectivity index (χ0) is 26.0. The average molecular weight is 504 g/mol. The number of nitrogens with one attached hydrogen (secondary N) is 1. The second kappa shape index (κ2) is 10.8. The fraction of sp³-hybridized carbons (Fsp3) is 0.600. The molecule has 0 radical (unpaired) electrons. The number of carbonyl (C=O) groups is 1. The van der Waals surface area contributed by atoms with Crippen LogP contribution in [0.15, 0.2) is 30.3 Å². The van der Waals surface area contributed by atoms with Crippen LogP contribution >= 0.6 is 0 Å². The first-order valence-corrected chi connectivity index (χ1v) is 14.2. The Balaban J connectivity index is 0.000000348. The highest BCUT2D eigenvalue weighted by Gasteiger charge is 2.44. The molecule has 2 N–H and O–H groups in total. The maximum absolute atomic E-state index is 11.7. The lowest BCUT2D eigenvalue weighted by molar-refractivity contribution is 0.0684. The Labute approximate surface area is 220 Å². The highest BCUT2D eigenvalue weighted by Crippen LogP contribution is 2.49. The summed E-state index contributed by atoms with van der Waals surface area (Å²) in [5, 5.41) is 13.0. The van der Waals surface area contributed by atoms with Crippen LogP contribution < -0.4 is 5.32 Å². The molecule has 1 aromatic carbocycles. The highest BCUT2D eigenvalue weighted by molar-refractivity contribution is 5.90. The van der Waals surface area contributed by atoms with Crippen molar-refractivity contribution in [2.75, 3.05) is 5.32 Å². The van der Waals surface area contributed by atoms with Crippen LogP contribution in [-0.2, 0) is 12.5 Å². The zero-order valence-corrected chi connectivity index (χ0v) is 22.5. The summed E-state index contributed by atoms with van der Waals surface area (Å²) in [5.41, 5.74) is 2.32. The Morgan fingerprint density at radius 1 is 1.00 bits per heavy atom. The van der Waals surface area contributed by atoms with Gasteiger partial charge < -0.3 is 15.0 Å². The third-order valence-electron chi connectivity index (χ3n) is 9.00. The first kappa shape index (κ1) is 25.7. The van der Waals surface area contributed by atoms with Crippen molar-refractivity contribution in [1.29, 1.82) is 0 Å². The molecule has 37 heavy (non-hydrogen) atoms. The van der Waals surface area contributed by atoms with Crippen molar-refractivity contribution >= 4 is 23.0 Å². The third-order valence-corrected chi connectivity index (χ3v) is 9.00. The monoisotopic (exact) mass is 503 g/mol. The average Bonchev–Trinajstić information content (AvgIpc) is 3.15. The molecule has 3 saturated carbocycles. The lowest BCUT2D eigenvalue weighted by atomic mass is 9.64. The number of fused-ring (bicyclic) bond motifs is 1. The molecule has 2 aromatic heterocycles. The first-order valence-electron chi connectivity index (χ1n) is 14.2. The van der Waals surface area contributed by atoms with Gasteiger partial charge in [-0.05, 0) is 50.0 Å². The molecule has 7 nitrogen and oxygen atoms in total. The summed E-state index contributed by atoms with van der Waals surface area (Å²) >= 11 is 0. The van der Waals surface area contributed by atoms with Gasteiger partial charge in [0.2, 0.25) is 5.82 Å². The molecule has 6 rings (SSSR count). The topological polar surface area (TPSA) is 92.9 Å². The van der Waals surface area contributed by atoms with Gasteiger partial charge in [-0.2, -0.15) is 0 Å². The van der Waals surface area contributed by atoms with Crippen LogP contribution in [0.5, 0.6) is 0 Å². The van der Waals surface area contributed by atoms with E-state index < -0.39 is 5.97 Å². The van der Waals surface area contributed by atoms with Gasteiger partial charge in [0.25, 0.3) is 0 Å². The number of hydrogen-bond acceptors (Lipinski definition) is 5. The Bertz CT molecular complexity index is 1220. The number of benzene rings is 1. The van der Waals surface area contributed by atoms with Gasteiger partial charge in [0.1, 0.15) is 11.3 Å². The molecule has 3 fully saturated rings. The van der Waals surface area contributed by atoms with Gasteiger partial charge in [-0.15, -0.1) is 0 Å². The molecule has 0 bridgehead atoms. The van der Waals surface area contributed by atoms with Crippen molar-refractivity contribution in [3.05, 3.63) is 47.5 Å². The van der Waals surface area contributed by atoms with E-state index >= 15 is 0 Å². The second-order valence-corrected chi connectivity index (χ2v) is 11.5. The quantitative estimate of drug-likeness (QED) is 0.388. The third kappa shape index (κ3) is 5.10. The normalized spacial score (nSPS) is 20.3. The highest BCUT2D eigenvalue weighted by atomic mass is 16.4. The number of anilines is 1. The summed E-state index contributed by atoms with van der Waals surface area (Å²) in [6.07, 6.45) is 14.3. The summed E-state index contributed by atoms with van der Waals surface area (Å²) in [6, 6.07) is 10.7. The fourth-order valence-electron chi connectivity index (χ4n) is 6.24. The van der Waals surface area contributed by atoms with E-state index in [4.69, 9.17) is 4.98 Å². The van der Waals surface area contributed by atoms with Gasteiger partial charge >= 0.3 is 5.97 Å². The molecule has 0 saturated heterocycles. The summed E-state index contributed by atoms with van der Waals surface area (Å²) < 4.78 is 2.07. The summed E-state index contributed by atoms with van der Waals surface area (Å²) in [5.74, 6) is 1.79. The van der Waals surface area contributed by atoms with Gasteiger partial charge in [-0.3, -0.25) is 0 Å². The minimum absolute atomic E-state index is 0.156. The smallest absolute Gasteiger partial charge is 0.374 e. The Morgan fingerprint density at radius 2 is 1.70 bits per heavy atom. The molecule has 7 heteroatoms. The molecule has 0 spiro atoms. The molecule has 1 unspecified atom stereocenters. The van der Waals surface area contributed by atoms with E-state index in [1.165, 1.54) is 56.9 Å². The van der Waals surface area contributed by atoms with Crippen molar-refractivity contribution < 1.29 is 9.90 Å². The van der Waals surface area contributed by atoms with Crippen LogP contribution in [0.4, 0.5) is 5.82 Å². The molecule has 198 valence electrons. The number of aryl methyl sites for hydroxylation is 1. The summed E-state index contributed by atoms with van der Waals surface area (Å²) in [7, 11) is 2.00. The van der Waals surface area contributed by atoms with Crippen molar-refractivity contribution in [3.8, 4) is 0 Å². The molecule has 2 heterocycles. The Morgan fingerprint density at radius 3 is 2.22 bits per heavy atom. The predicted molar refractivity (Wildman–Crippen MR) is 147 cm³/mol. The van der Waals surface area contributed by atoms with E-state index in [2.05, 4.69) is 58.0 Å². The molecule has 0 amide bonds. The largest absolute Gasteiger partial charge is 0.475 e. The van der Waals surface area contributed by atoms with Crippen molar-refractivity contribution in [2.45, 2.75) is 95.9 Å². The van der Waals surface area contributed by atoms with E-state index in [9.17, 15) is 9.90 Å². The Kier molecular flexibility index (Phi) is 7.50. The van der Waals surface area contributed by atoms with E-state index in [-0.39, 0.29) is 17.3 Å². The molecule has 1 atom stereocenters. The maximum atomic E-state index is 11.7. The predicted octanol–water partition coefficient (Wildman–Crippen LogP) is 6.72. The van der Waals surface area contributed by atoms with E-state index in [1.54, 1.807) is 0 Å². The van der Waals surface area contributed by atoms with Gasteiger partial charge in [0.05, 0.1) is 5.41 Å². The van der Waals surface area contributed by atoms with Crippen LogP contribution in [0.2, 0.25) is 0 Å². The number of hydrogen-bond donors (Lipinski definition) is 2. The van der Waals surface area contributed by atoms with Crippen LogP contribution in [0.25, 0.3) is 11.2 Å². The van der Waals surface area contributed by atoms with Crippen molar-refractivity contribution in [2.24, 2.45) is 18.9 Å². The number of imidazole rings is 1. The van der Waals surface area contributed by atoms with Gasteiger partial charge in [0.15, 0.2) is 11.5 Å². The minimum Gasteiger partial charge on any atom is -0.475 e. The van der Waals surface area contributed by atoms with Gasteiger partial charge in [-0.25, -0.2) is 19.7 Å². The van der Waals surface area contributed by atoms with Crippen LogP contribution in [-0.4, -0.2) is 36.6 Å². The molecule has 3 aliphatic carbocycles. The molecule has 3 aromatic rings. The number of rotatable bonds is 6. The number of nitrogens with zero attached hydrogens (tertiary/aromatic N) is 4. The Hall–Kier alpha value is -2.96. The molecule has 0 aliphatic heterocycles. The van der Waals surface area contributed by atoms with E-state index in [1.807, 2.05) is 13.1 Å². The van der Waals surface area contributed by atoms with Crippen molar-refractivity contribution in [1.82, 2.24) is 19.5 Å².